The summed E-state index contributed by atoms with van der Waals surface area (Å²) < 4.78 is 46.3. The Bertz CT molecular complexity index is 1590. The molecule has 5 rings (SSSR count). The maximum atomic E-state index is 13.7. The van der Waals surface area contributed by atoms with E-state index in [-0.39, 0.29) is 24.9 Å². The van der Waals surface area contributed by atoms with Crippen molar-refractivity contribution in [1.29, 1.82) is 0 Å². The van der Waals surface area contributed by atoms with Crippen molar-refractivity contribution in [2.75, 3.05) is 10.8 Å². The van der Waals surface area contributed by atoms with Gasteiger partial charge in [0.1, 0.15) is 24.7 Å². The fraction of sp³-hybridized carbons (Fsp3) is 0.115. The number of carbonyl (C=O) groups is 2. The van der Waals surface area contributed by atoms with Crippen LogP contribution in [0.5, 0.6) is 5.75 Å². The fourth-order valence-corrected chi connectivity index (χ4v) is 5.66. The monoisotopic (exact) mass is 552 g/mol. The van der Waals surface area contributed by atoms with Crippen molar-refractivity contribution in [1.82, 2.24) is 10.0 Å². The van der Waals surface area contributed by atoms with Gasteiger partial charge in [-0.25, -0.2) is 18.4 Å². The lowest BCUT2D eigenvalue weighted by Gasteiger charge is -2.14. The predicted molar refractivity (Wildman–Crippen MR) is 144 cm³/mol. The molecule has 0 spiro atoms. The lowest BCUT2D eigenvalue weighted by atomic mass is 10.1. The summed E-state index contributed by atoms with van der Waals surface area (Å²) in [7, 11) is -3.88. The molecule has 0 saturated carbocycles. The Labute approximate surface area is 222 Å². The van der Waals surface area contributed by atoms with Crippen LogP contribution in [-0.2, 0) is 26.4 Å². The molecule has 2 aliphatic heterocycles. The van der Waals surface area contributed by atoms with Crippen LogP contribution in [0, 0.1) is 12.7 Å². The Morgan fingerprint density at radius 1 is 1.08 bits per heavy atom. The molecule has 0 radical (unpaired) electrons. The van der Waals surface area contributed by atoms with Crippen molar-refractivity contribution in [3.8, 4) is 5.75 Å². The predicted octanol–water partition coefficient (Wildman–Crippen LogP) is 3.79. The summed E-state index contributed by atoms with van der Waals surface area (Å²) in [5.41, 5.74) is 2.93. The van der Waals surface area contributed by atoms with Crippen molar-refractivity contribution in [3.05, 3.63) is 94.1 Å². The number of amidine groups is 1. The summed E-state index contributed by atoms with van der Waals surface area (Å²) in [4.78, 5) is 28.7. The normalized spacial score (nSPS) is 18.6. The number of nitrogens with zero attached hydrogens (tertiary/aromatic N) is 2. The largest absolute Gasteiger partial charge is 0.489 e. The minimum absolute atomic E-state index is 0.236. The molecule has 2 amide bonds. The minimum Gasteiger partial charge on any atom is -0.489 e. The second-order valence-corrected chi connectivity index (χ2v) is 11.1. The highest BCUT2D eigenvalue weighted by Crippen LogP contribution is 2.30. The second-order valence-electron chi connectivity index (χ2n) is 8.48. The Morgan fingerprint density at radius 2 is 1.82 bits per heavy atom. The maximum Gasteiger partial charge on any atom is 0.326 e. The number of carbonyl (C=O) groups excluding carboxylic acids is 2. The quantitative estimate of drug-likeness (QED) is 0.450. The van der Waals surface area contributed by atoms with Crippen LogP contribution in [0.1, 0.15) is 16.7 Å². The van der Waals surface area contributed by atoms with E-state index in [1.165, 1.54) is 30.0 Å². The highest BCUT2D eigenvalue weighted by Gasteiger charge is 2.33. The SMILES string of the molecule is Cc1ccc(COc2ccc(/C=C3/SC(=Nc4ccc(N5CC(=O)NS5(=O)=O)cc4)NC3=O)cc2)cc1F. The van der Waals surface area contributed by atoms with E-state index in [4.69, 9.17) is 4.74 Å². The van der Waals surface area contributed by atoms with Gasteiger partial charge in [-0.3, -0.25) is 9.59 Å². The summed E-state index contributed by atoms with van der Waals surface area (Å²) in [5.74, 6) is -0.544. The maximum absolute atomic E-state index is 13.7. The average molecular weight is 553 g/mol. The number of rotatable bonds is 6. The molecule has 3 aromatic rings. The number of ether oxygens (including phenoxy) is 1. The van der Waals surface area contributed by atoms with E-state index in [0.29, 0.717) is 32.8 Å². The molecule has 9 nitrogen and oxygen atoms in total. The summed E-state index contributed by atoms with van der Waals surface area (Å²) in [6, 6.07) is 18.4. The minimum atomic E-state index is -3.88. The molecule has 2 saturated heterocycles. The van der Waals surface area contributed by atoms with Gasteiger partial charge in [0.25, 0.3) is 11.8 Å². The number of aryl methyl sites for hydroxylation is 1. The first-order valence-electron chi connectivity index (χ1n) is 11.4. The van der Waals surface area contributed by atoms with Crippen LogP contribution < -0.4 is 19.1 Å². The van der Waals surface area contributed by atoms with Gasteiger partial charge in [0.15, 0.2) is 5.17 Å². The molecule has 2 aliphatic rings. The molecule has 38 heavy (non-hydrogen) atoms. The summed E-state index contributed by atoms with van der Waals surface area (Å²) >= 11 is 1.17. The van der Waals surface area contributed by atoms with Crippen molar-refractivity contribution < 1.29 is 27.1 Å². The molecule has 2 fully saturated rings. The third-order valence-corrected chi connectivity index (χ3v) is 7.97. The molecule has 0 atom stereocenters. The third kappa shape index (κ3) is 5.71. The Hall–Kier alpha value is -4.16. The molecule has 0 unspecified atom stereocenters. The average Bonchev–Trinajstić information content (AvgIpc) is 3.37. The molecule has 0 aromatic heterocycles. The van der Waals surface area contributed by atoms with Gasteiger partial charge in [-0.05, 0) is 83.9 Å². The van der Waals surface area contributed by atoms with Gasteiger partial charge in [0.2, 0.25) is 0 Å². The number of thioether (sulfide) groups is 1. The summed E-state index contributed by atoms with van der Waals surface area (Å²) in [6.45, 7) is 1.66. The van der Waals surface area contributed by atoms with E-state index in [2.05, 4.69) is 10.3 Å². The van der Waals surface area contributed by atoms with Gasteiger partial charge in [-0.15, -0.1) is 0 Å². The first-order valence-corrected chi connectivity index (χ1v) is 13.6. The van der Waals surface area contributed by atoms with Gasteiger partial charge in [0, 0.05) is 0 Å². The number of aliphatic imine (C=N–C) groups is 1. The zero-order valence-electron chi connectivity index (χ0n) is 20.0. The number of nitrogens with one attached hydrogen (secondary N) is 2. The van der Waals surface area contributed by atoms with Gasteiger partial charge >= 0.3 is 10.2 Å². The first kappa shape index (κ1) is 25.5. The number of hydrogen-bond acceptors (Lipinski definition) is 7. The van der Waals surface area contributed by atoms with Gasteiger partial charge < -0.3 is 10.1 Å². The lowest BCUT2D eigenvalue weighted by molar-refractivity contribution is -0.117. The van der Waals surface area contributed by atoms with Crippen molar-refractivity contribution in [2.45, 2.75) is 13.5 Å². The van der Waals surface area contributed by atoms with Gasteiger partial charge in [-0.1, -0.05) is 24.3 Å². The highest BCUT2D eigenvalue weighted by molar-refractivity contribution is 8.18. The topological polar surface area (TPSA) is 117 Å². The number of halogens is 1. The van der Waals surface area contributed by atoms with Crippen LogP contribution >= 0.6 is 11.8 Å². The van der Waals surface area contributed by atoms with E-state index in [1.807, 2.05) is 22.9 Å². The molecule has 2 heterocycles. The van der Waals surface area contributed by atoms with Crippen LogP contribution in [0.25, 0.3) is 6.08 Å². The standard InChI is InChI=1S/C26H21FN4O5S2/c1-16-2-3-18(12-22(16)27)15-36-21-10-4-17(5-11-21)13-23-25(33)29-26(37-23)28-19-6-8-20(9-7-19)31-14-24(32)30-38(31,34)35/h2-13H,14-15H2,1H3,(H,30,32)(H,28,29,33)/b23-13+. The van der Waals surface area contributed by atoms with Gasteiger partial charge in [-0.2, -0.15) is 8.42 Å². The molecule has 0 aliphatic carbocycles. The molecule has 2 N–H and O–H groups in total. The van der Waals surface area contributed by atoms with E-state index >= 15 is 0 Å². The zero-order chi connectivity index (χ0) is 26.9. The van der Waals surface area contributed by atoms with Crippen LogP contribution in [0.15, 0.2) is 76.6 Å². The third-order valence-electron chi connectivity index (χ3n) is 5.66. The second kappa shape index (κ2) is 10.3. The van der Waals surface area contributed by atoms with E-state index in [1.54, 1.807) is 43.3 Å². The van der Waals surface area contributed by atoms with Crippen molar-refractivity contribution in [2.24, 2.45) is 4.99 Å². The van der Waals surface area contributed by atoms with Crippen LogP contribution in [-0.4, -0.2) is 31.9 Å². The smallest absolute Gasteiger partial charge is 0.326 e. The number of benzene rings is 3. The molecular weight excluding hydrogens is 531 g/mol. The van der Waals surface area contributed by atoms with Crippen LogP contribution in [0.2, 0.25) is 0 Å². The number of anilines is 1. The number of amides is 2. The van der Waals surface area contributed by atoms with Crippen LogP contribution in [0.3, 0.4) is 0 Å². The Balaban J connectivity index is 1.22. The fourth-order valence-electron chi connectivity index (χ4n) is 3.67. The molecule has 3 aromatic carbocycles. The van der Waals surface area contributed by atoms with E-state index in [0.717, 1.165) is 15.4 Å². The van der Waals surface area contributed by atoms with Crippen molar-refractivity contribution >= 4 is 56.4 Å². The van der Waals surface area contributed by atoms with Crippen molar-refractivity contribution in [3.63, 3.8) is 0 Å². The molecular formula is C26H21FN4O5S2. The zero-order valence-corrected chi connectivity index (χ0v) is 21.6. The first-order chi connectivity index (χ1) is 18.2. The summed E-state index contributed by atoms with van der Waals surface area (Å²) in [6.07, 6.45) is 1.73. The van der Waals surface area contributed by atoms with Gasteiger partial charge in [0.05, 0.1) is 16.3 Å². The van der Waals surface area contributed by atoms with Crippen LogP contribution in [0.4, 0.5) is 15.8 Å². The molecule has 0 bridgehead atoms. The summed E-state index contributed by atoms with van der Waals surface area (Å²) in [5, 5.41) is 3.09. The Kier molecular flexibility index (Phi) is 6.91. The Morgan fingerprint density at radius 3 is 2.47 bits per heavy atom. The lowest BCUT2D eigenvalue weighted by Crippen LogP contribution is -2.29. The molecule has 194 valence electrons. The van der Waals surface area contributed by atoms with E-state index in [9.17, 15) is 22.4 Å². The number of hydrogen-bond donors (Lipinski definition) is 2. The molecule has 12 heteroatoms. The van der Waals surface area contributed by atoms with E-state index < -0.39 is 16.1 Å². The highest BCUT2D eigenvalue weighted by atomic mass is 32.2.